The number of rotatable bonds is 5. The van der Waals surface area contributed by atoms with E-state index in [2.05, 4.69) is 19.2 Å². The molecule has 1 aromatic rings. The van der Waals surface area contributed by atoms with Crippen LogP contribution in [0.25, 0.3) is 0 Å². The van der Waals surface area contributed by atoms with Crippen molar-refractivity contribution in [2.24, 2.45) is 5.92 Å². The predicted molar refractivity (Wildman–Crippen MR) is 71.2 cm³/mol. The molecule has 112 valence electrons. The molecular formula is C15H20F3NO. The van der Waals surface area contributed by atoms with Gasteiger partial charge >= 0.3 is 6.18 Å². The molecule has 0 saturated heterocycles. The Kier molecular flexibility index (Phi) is 4.12. The summed E-state index contributed by atoms with van der Waals surface area (Å²) in [7, 11) is 0. The first-order chi connectivity index (χ1) is 9.20. The van der Waals surface area contributed by atoms with Crippen molar-refractivity contribution in [3.8, 4) is 0 Å². The second-order valence-corrected chi connectivity index (χ2v) is 6.01. The van der Waals surface area contributed by atoms with Crippen LogP contribution in [-0.4, -0.2) is 17.2 Å². The molecule has 1 aliphatic carbocycles. The highest BCUT2D eigenvalue weighted by Gasteiger charge is 2.37. The molecule has 2 N–H and O–H groups in total. The van der Waals surface area contributed by atoms with E-state index in [1.165, 1.54) is 25.0 Å². The largest absolute Gasteiger partial charge is 0.416 e. The Hall–Kier alpha value is -1.07. The fraction of sp³-hybridized carbons (Fsp3) is 0.600. The molecule has 1 aliphatic rings. The maximum absolute atomic E-state index is 12.4. The van der Waals surface area contributed by atoms with Crippen LogP contribution >= 0.6 is 0 Å². The van der Waals surface area contributed by atoms with Crippen molar-refractivity contribution in [2.75, 3.05) is 6.54 Å². The lowest BCUT2D eigenvalue weighted by Gasteiger charge is -2.28. The van der Waals surface area contributed by atoms with Gasteiger partial charge in [-0.25, -0.2) is 0 Å². The Balaban J connectivity index is 1.93. The van der Waals surface area contributed by atoms with Crippen LogP contribution in [0.5, 0.6) is 0 Å². The molecule has 0 heterocycles. The van der Waals surface area contributed by atoms with Crippen molar-refractivity contribution in [3.63, 3.8) is 0 Å². The summed E-state index contributed by atoms with van der Waals surface area (Å²) < 4.78 is 37.3. The Bertz CT molecular complexity index is 449. The summed E-state index contributed by atoms with van der Waals surface area (Å²) in [5.41, 5.74) is -0.232. The molecule has 1 atom stereocenters. The van der Waals surface area contributed by atoms with E-state index >= 15 is 0 Å². The summed E-state index contributed by atoms with van der Waals surface area (Å²) in [5, 5.41) is 13.3. The van der Waals surface area contributed by atoms with E-state index in [1.54, 1.807) is 0 Å². The summed E-state index contributed by atoms with van der Waals surface area (Å²) >= 11 is 0. The molecule has 0 radical (unpaired) electrons. The van der Waals surface area contributed by atoms with Crippen LogP contribution in [0.1, 0.15) is 43.9 Å². The summed E-state index contributed by atoms with van der Waals surface area (Å²) in [4.78, 5) is 0. The van der Waals surface area contributed by atoms with Gasteiger partial charge in [0, 0.05) is 12.1 Å². The van der Waals surface area contributed by atoms with Gasteiger partial charge in [0.2, 0.25) is 0 Å². The van der Waals surface area contributed by atoms with Gasteiger partial charge < -0.3 is 10.4 Å². The number of benzene rings is 1. The normalized spacial score (nSPS) is 18.1. The lowest BCUT2D eigenvalue weighted by molar-refractivity contribution is -0.137. The quantitative estimate of drug-likeness (QED) is 0.868. The van der Waals surface area contributed by atoms with Crippen LogP contribution < -0.4 is 5.32 Å². The van der Waals surface area contributed by atoms with E-state index in [0.717, 1.165) is 12.1 Å². The van der Waals surface area contributed by atoms with Crippen molar-refractivity contribution in [1.29, 1.82) is 0 Å². The summed E-state index contributed by atoms with van der Waals surface area (Å²) in [6.07, 6.45) is -2.75. The number of alkyl halides is 3. The fourth-order valence-electron chi connectivity index (χ4n) is 2.32. The van der Waals surface area contributed by atoms with E-state index in [-0.39, 0.29) is 5.54 Å². The third kappa shape index (κ3) is 3.73. The van der Waals surface area contributed by atoms with E-state index in [9.17, 15) is 18.3 Å². The average Bonchev–Trinajstić information content (AvgIpc) is 3.20. The third-order valence-electron chi connectivity index (χ3n) is 3.97. The number of hydrogen-bond donors (Lipinski definition) is 2. The standard InChI is InChI=1S/C15H20F3NO/c1-14(2,11-7-8-11)19-9-13(20)10-3-5-12(6-4-10)15(16,17)18/h3-6,11,13,19-20H,7-9H2,1-2H3. The zero-order valence-electron chi connectivity index (χ0n) is 11.7. The first-order valence-corrected chi connectivity index (χ1v) is 6.80. The Morgan fingerprint density at radius 3 is 2.20 bits per heavy atom. The van der Waals surface area contributed by atoms with Gasteiger partial charge in [0.15, 0.2) is 0 Å². The van der Waals surface area contributed by atoms with Gasteiger partial charge in [-0.15, -0.1) is 0 Å². The highest BCUT2D eigenvalue weighted by molar-refractivity contribution is 5.26. The van der Waals surface area contributed by atoms with Crippen LogP contribution in [0.2, 0.25) is 0 Å². The topological polar surface area (TPSA) is 32.3 Å². The van der Waals surface area contributed by atoms with Gasteiger partial charge in [-0.3, -0.25) is 0 Å². The van der Waals surface area contributed by atoms with Crippen LogP contribution in [0.15, 0.2) is 24.3 Å². The fourth-order valence-corrected chi connectivity index (χ4v) is 2.32. The van der Waals surface area contributed by atoms with E-state index in [4.69, 9.17) is 0 Å². The maximum atomic E-state index is 12.4. The van der Waals surface area contributed by atoms with Crippen molar-refractivity contribution in [1.82, 2.24) is 5.32 Å². The number of β-amino-alcohol motifs (C(OH)–C–C–N with tert-alkyl or cyclic N) is 1. The van der Waals surface area contributed by atoms with Gasteiger partial charge in [-0.05, 0) is 50.3 Å². The third-order valence-corrected chi connectivity index (χ3v) is 3.97. The van der Waals surface area contributed by atoms with E-state index in [1.807, 2.05) is 0 Å². The molecule has 2 nitrogen and oxygen atoms in total. The summed E-state index contributed by atoms with van der Waals surface area (Å²) in [5.74, 6) is 0.627. The average molecular weight is 287 g/mol. The molecule has 1 aromatic carbocycles. The smallest absolute Gasteiger partial charge is 0.387 e. The first kappa shape index (κ1) is 15.3. The van der Waals surface area contributed by atoms with Crippen LogP contribution in [0.4, 0.5) is 13.2 Å². The monoisotopic (exact) mass is 287 g/mol. The number of hydrogen-bond acceptors (Lipinski definition) is 2. The molecule has 1 unspecified atom stereocenters. The van der Waals surface area contributed by atoms with Gasteiger partial charge in [0.1, 0.15) is 0 Å². The molecule has 0 bridgehead atoms. The zero-order valence-corrected chi connectivity index (χ0v) is 11.7. The molecule has 1 fully saturated rings. The Labute approximate surface area is 117 Å². The maximum Gasteiger partial charge on any atom is 0.416 e. The van der Waals surface area contributed by atoms with Crippen LogP contribution in [0.3, 0.4) is 0 Å². The number of aliphatic hydroxyl groups is 1. The molecule has 20 heavy (non-hydrogen) atoms. The zero-order chi connectivity index (χ0) is 15.0. The predicted octanol–water partition coefficient (Wildman–Crippen LogP) is 3.52. The lowest BCUT2D eigenvalue weighted by atomic mass is 9.98. The number of nitrogens with one attached hydrogen (secondary N) is 1. The minimum absolute atomic E-state index is 0.0348. The Morgan fingerprint density at radius 1 is 1.20 bits per heavy atom. The van der Waals surface area contributed by atoms with Gasteiger partial charge in [-0.1, -0.05) is 12.1 Å². The lowest BCUT2D eigenvalue weighted by Crippen LogP contribution is -2.43. The van der Waals surface area contributed by atoms with E-state index in [0.29, 0.717) is 18.0 Å². The molecule has 5 heteroatoms. The van der Waals surface area contributed by atoms with Crippen LogP contribution in [0, 0.1) is 5.92 Å². The SMILES string of the molecule is CC(C)(NCC(O)c1ccc(C(F)(F)F)cc1)C1CC1. The van der Waals surface area contributed by atoms with Gasteiger partial charge in [0.25, 0.3) is 0 Å². The minimum atomic E-state index is -4.34. The van der Waals surface area contributed by atoms with Crippen molar-refractivity contribution >= 4 is 0 Å². The Morgan fingerprint density at radius 2 is 1.75 bits per heavy atom. The molecular weight excluding hydrogens is 267 g/mol. The molecule has 0 aliphatic heterocycles. The van der Waals surface area contributed by atoms with Crippen molar-refractivity contribution in [3.05, 3.63) is 35.4 Å². The second-order valence-electron chi connectivity index (χ2n) is 6.01. The highest BCUT2D eigenvalue weighted by Crippen LogP contribution is 2.39. The molecule has 0 amide bonds. The molecule has 0 spiro atoms. The molecule has 0 aromatic heterocycles. The first-order valence-electron chi connectivity index (χ1n) is 6.80. The number of aliphatic hydroxyl groups excluding tert-OH is 1. The number of halogens is 3. The van der Waals surface area contributed by atoms with Crippen molar-refractivity contribution in [2.45, 2.75) is 44.5 Å². The van der Waals surface area contributed by atoms with Crippen molar-refractivity contribution < 1.29 is 18.3 Å². The second kappa shape index (κ2) is 5.37. The summed E-state index contributed by atoms with van der Waals surface area (Å²) in [6.45, 7) is 4.52. The molecule has 2 rings (SSSR count). The van der Waals surface area contributed by atoms with Gasteiger partial charge in [-0.2, -0.15) is 13.2 Å². The van der Waals surface area contributed by atoms with Crippen LogP contribution in [-0.2, 0) is 6.18 Å². The minimum Gasteiger partial charge on any atom is -0.387 e. The summed E-state index contributed by atoms with van der Waals surface area (Å²) in [6, 6.07) is 4.67. The molecule has 1 saturated carbocycles. The van der Waals surface area contributed by atoms with E-state index < -0.39 is 17.8 Å². The highest BCUT2D eigenvalue weighted by atomic mass is 19.4. The van der Waals surface area contributed by atoms with Gasteiger partial charge in [0.05, 0.1) is 11.7 Å².